The van der Waals surface area contributed by atoms with Gasteiger partial charge >= 0.3 is 0 Å². The lowest BCUT2D eigenvalue weighted by Gasteiger charge is -2.29. The second kappa shape index (κ2) is 5.56. The summed E-state index contributed by atoms with van der Waals surface area (Å²) in [6, 6.07) is 0.568. The van der Waals surface area contributed by atoms with Crippen molar-refractivity contribution in [2.75, 3.05) is 13.7 Å². The second-order valence-corrected chi connectivity index (χ2v) is 11.2. The van der Waals surface area contributed by atoms with Gasteiger partial charge in [-0.3, -0.25) is 4.90 Å². The Morgan fingerprint density at radius 3 is 2.47 bits per heavy atom. The quantitative estimate of drug-likeness (QED) is 0.435. The average molecular weight is 253 g/mol. The van der Waals surface area contributed by atoms with Crippen molar-refractivity contribution in [3.8, 4) is 11.5 Å². The number of hydrogen-bond acceptors (Lipinski definition) is 2. The second-order valence-electron chi connectivity index (χ2n) is 6.47. The van der Waals surface area contributed by atoms with Crippen LogP contribution in [0.25, 0.3) is 0 Å². The predicted octanol–water partition coefficient (Wildman–Crippen LogP) is 3.10. The molecule has 0 aromatic carbocycles. The van der Waals surface area contributed by atoms with Crippen molar-refractivity contribution in [1.29, 1.82) is 0 Å². The summed E-state index contributed by atoms with van der Waals surface area (Å²) >= 11 is 0. The molecule has 98 valence electrons. The summed E-state index contributed by atoms with van der Waals surface area (Å²) in [6.45, 7) is 12.0. The molecule has 0 aliphatic carbocycles. The van der Waals surface area contributed by atoms with Gasteiger partial charge in [0.15, 0.2) is 0 Å². The molecule has 0 aromatic heterocycles. The molecule has 1 aliphatic heterocycles. The molecule has 17 heavy (non-hydrogen) atoms. The Hall–Kier alpha value is -0.303. The predicted molar refractivity (Wildman–Crippen MR) is 76.6 cm³/mol. The topological polar surface area (TPSA) is 12.5 Å². The maximum atomic E-state index is 5.77. The van der Waals surface area contributed by atoms with E-state index in [9.17, 15) is 0 Å². The first-order chi connectivity index (χ1) is 7.72. The van der Waals surface area contributed by atoms with Crippen LogP contribution in [0.1, 0.15) is 33.1 Å². The highest BCUT2D eigenvalue weighted by molar-refractivity contribution is 6.83. The number of rotatable bonds is 3. The van der Waals surface area contributed by atoms with Gasteiger partial charge in [0, 0.05) is 12.5 Å². The van der Waals surface area contributed by atoms with Crippen molar-refractivity contribution < 1.29 is 4.74 Å². The molecule has 1 aliphatic rings. The van der Waals surface area contributed by atoms with Gasteiger partial charge in [-0.1, -0.05) is 19.6 Å². The maximum absolute atomic E-state index is 5.77. The minimum absolute atomic E-state index is 0.0886. The van der Waals surface area contributed by atoms with Crippen LogP contribution in [0.2, 0.25) is 19.6 Å². The van der Waals surface area contributed by atoms with Crippen molar-refractivity contribution in [3.63, 3.8) is 0 Å². The molecule has 0 N–H and O–H groups in total. The third kappa shape index (κ3) is 4.83. The fourth-order valence-corrected chi connectivity index (χ4v) is 2.64. The van der Waals surface area contributed by atoms with Crippen LogP contribution >= 0.6 is 0 Å². The summed E-state index contributed by atoms with van der Waals surface area (Å²) in [5, 5.41) is 0. The zero-order valence-corrected chi connectivity index (χ0v) is 13.3. The third-order valence-corrected chi connectivity index (χ3v) is 4.26. The monoisotopic (exact) mass is 253 g/mol. The molecule has 0 bridgehead atoms. The first kappa shape index (κ1) is 14.8. The summed E-state index contributed by atoms with van der Waals surface area (Å²) < 4.78 is 5.77. The Morgan fingerprint density at radius 1 is 1.35 bits per heavy atom. The van der Waals surface area contributed by atoms with Crippen LogP contribution in [-0.2, 0) is 4.74 Å². The van der Waals surface area contributed by atoms with Gasteiger partial charge in [0.25, 0.3) is 0 Å². The zero-order chi connectivity index (χ0) is 13.1. The maximum Gasteiger partial charge on any atom is 0.129 e. The number of unbranched alkanes of at least 4 members (excludes halogenated alkanes) is 1. The number of ether oxygens (including phenoxy) is 1. The minimum Gasteiger partial charge on any atom is -0.359 e. The molecule has 0 saturated carbocycles. The molecule has 1 rings (SSSR count). The van der Waals surface area contributed by atoms with Crippen molar-refractivity contribution in [2.24, 2.45) is 0 Å². The molecule has 1 fully saturated rings. The van der Waals surface area contributed by atoms with Crippen LogP contribution in [0.3, 0.4) is 0 Å². The molecule has 0 aromatic rings. The summed E-state index contributed by atoms with van der Waals surface area (Å²) in [7, 11) is 0.987. The van der Waals surface area contributed by atoms with E-state index in [1.165, 1.54) is 12.8 Å². The van der Waals surface area contributed by atoms with E-state index >= 15 is 0 Å². The van der Waals surface area contributed by atoms with E-state index in [1.807, 2.05) is 0 Å². The first-order valence-corrected chi connectivity index (χ1v) is 10.1. The van der Waals surface area contributed by atoms with Crippen LogP contribution in [0.5, 0.6) is 0 Å². The normalized spacial score (nSPS) is 24.5. The Bertz CT molecular complexity index is 308. The van der Waals surface area contributed by atoms with E-state index in [1.54, 1.807) is 0 Å². The summed E-state index contributed by atoms with van der Waals surface area (Å²) in [4.78, 5) is 2.35. The number of likely N-dealkylation sites (N-methyl/N-ethyl adjacent to an activating group) is 1. The zero-order valence-electron chi connectivity index (χ0n) is 12.3. The van der Waals surface area contributed by atoms with E-state index < -0.39 is 8.07 Å². The van der Waals surface area contributed by atoms with Crippen molar-refractivity contribution in [2.45, 2.75) is 64.5 Å². The van der Waals surface area contributed by atoms with E-state index in [4.69, 9.17) is 4.74 Å². The number of hydrogen-bond donors (Lipinski definition) is 0. The number of nitrogens with zero attached hydrogens (tertiary/aromatic N) is 1. The largest absolute Gasteiger partial charge is 0.359 e. The van der Waals surface area contributed by atoms with Crippen LogP contribution in [0, 0.1) is 11.5 Å². The fraction of sp³-hybridized carbons (Fsp3) is 0.857. The van der Waals surface area contributed by atoms with E-state index in [0.717, 1.165) is 13.0 Å². The highest BCUT2D eigenvalue weighted by atomic mass is 28.3. The van der Waals surface area contributed by atoms with Crippen LogP contribution < -0.4 is 0 Å². The van der Waals surface area contributed by atoms with Crippen LogP contribution in [0.4, 0.5) is 0 Å². The highest BCUT2D eigenvalue weighted by Gasteiger charge is 2.36. The highest BCUT2D eigenvalue weighted by Crippen LogP contribution is 2.27. The van der Waals surface area contributed by atoms with Gasteiger partial charge in [-0.05, 0) is 33.7 Å². The summed E-state index contributed by atoms with van der Waals surface area (Å²) in [5.74, 6) is 3.34. The lowest BCUT2D eigenvalue weighted by atomic mass is 10.1. The Labute approximate surface area is 108 Å². The Kier molecular flexibility index (Phi) is 4.83. The van der Waals surface area contributed by atoms with Crippen LogP contribution in [0.15, 0.2) is 0 Å². The molecule has 0 amide bonds. The van der Waals surface area contributed by atoms with Gasteiger partial charge in [0.2, 0.25) is 0 Å². The van der Waals surface area contributed by atoms with Gasteiger partial charge < -0.3 is 4.74 Å². The average Bonchev–Trinajstić information content (AvgIpc) is 2.42. The van der Waals surface area contributed by atoms with Crippen LogP contribution in [-0.4, -0.2) is 38.4 Å². The molecule has 0 radical (unpaired) electrons. The molecule has 3 heteroatoms. The smallest absolute Gasteiger partial charge is 0.129 e. The Balaban J connectivity index is 2.26. The summed E-state index contributed by atoms with van der Waals surface area (Å²) in [5.41, 5.74) is 3.33. The van der Waals surface area contributed by atoms with Gasteiger partial charge in [-0.15, -0.1) is 11.5 Å². The third-order valence-electron chi connectivity index (χ3n) is 3.33. The molecule has 0 spiro atoms. The first-order valence-electron chi connectivity index (χ1n) is 6.59. The molecule has 0 unspecified atom stereocenters. The van der Waals surface area contributed by atoms with Crippen molar-refractivity contribution >= 4 is 8.07 Å². The fourth-order valence-electron chi connectivity index (χ4n) is 1.98. The van der Waals surface area contributed by atoms with Gasteiger partial charge in [-0.2, -0.15) is 0 Å². The van der Waals surface area contributed by atoms with E-state index in [-0.39, 0.29) is 5.72 Å². The van der Waals surface area contributed by atoms with Gasteiger partial charge in [-0.25, -0.2) is 0 Å². The lowest BCUT2D eigenvalue weighted by Crippen LogP contribution is -2.40. The van der Waals surface area contributed by atoms with Crippen molar-refractivity contribution in [1.82, 2.24) is 4.90 Å². The molecular weight excluding hydrogens is 226 g/mol. The Morgan fingerprint density at radius 2 is 2.00 bits per heavy atom. The molecular formula is C14H27NOSi. The van der Waals surface area contributed by atoms with Gasteiger partial charge in [0.05, 0.1) is 6.61 Å². The summed E-state index contributed by atoms with van der Waals surface area (Å²) in [6.07, 6.45) is 3.42. The van der Waals surface area contributed by atoms with E-state index in [0.29, 0.717) is 6.04 Å². The molecule has 1 saturated heterocycles. The lowest BCUT2D eigenvalue weighted by molar-refractivity contribution is -0.0414. The molecule has 1 heterocycles. The molecule has 2 nitrogen and oxygen atoms in total. The SMILES string of the molecule is CN1[C@@H](CCCC#C[Si](C)(C)C)COC1(C)C. The minimum atomic E-state index is -1.17. The van der Waals surface area contributed by atoms with Crippen molar-refractivity contribution in [3.05, 3.63) is 0 Å². The van der Waals surface area contributed by atoms with E-state index in [2.05, 4.69) is 56.9 Å². The van der Waals surface area contributed by atoms with Gasteiger partial charge in [0.1, 0.15) is 13.8 Å². The standard InChI is InChI=1S/C14H27NOSi/c1-14(2)15(3)13(12-16-14)10-8-7-9-11-17(4,5)6/h13H,7-8,10,12H2,1-6H3/t13-/m0/s1. The molecule has 1 atom stereocenters.